The van der Waals surface area contributed by atoms with Crippen molar-refractivity contribution < 1.29 is 10.8 Å². The minimum absolute atomic E-state index is 0.211. The van der Waals surface area contributed by atoms with Gasteiger partial charge in [0.2, 0.25) is 0 Å². The first kappa shape index (κ1) is 8.24. The van der Waals surface area contributed by atoms with Crippen LogP contribution >= 0.6 is 0 Å². The summed E-state index contributed by atoms with van der Waals surface area (Å²) in [4.78, 5) is 0. The summed E-state index contributed by atoms with van der Waals surface area (Å²) < 4.78 is 0. The second kappa shape index (κ2) is 4.11. The zero-order chi connectivity index (χ0) is 8.10. The molecule has 0 fully saturated rings. The van der Waals surface area contributed by atoms with Crippen molar-refractivity contribution in [3.8, 4) is 0 Å². The largest absolute Gasteiger partial charge is 0.396 e. The Hall–Kier alpha value is -0.860. The van der Waals surface area contributed by atoms with Gasteiger partial charge in [0.05, 0.1) is 0 Å². The van der Waals surface area contributed by atoms with Gasteiger partial charge in [-0.25, -0.2) is 0 Å². The van der Waals surface area contributed by atoms with Crippen LogP contribution in [-0.2, 0) is 0 Å². The lowest BCUT2D eigenvalue weighted by molar-refractivity contribution is -0.428. The molecule has 11 heavy (non-hydrogen) atoms. The van der Waals surface area contributed by atoms with Crippen molar-refractivity contribution in [3.05, 3.63) is 35.9 Å². The number of aliphatic hydroxyl groups is 1. The summed E-state index contributed by atoms with van der Waals surface area (Å²) in [5.74, 6) is 0. The first-order valence-electron chi connectivity index (χ1n) is 3.83. The van der Waals surface area contributed by atoms with E-state index in [0.717, 1.165) is 6.42 Å². The molecule has 0 saturated carbocycles. The highest BCUT2D eigenvalue weighted by molar-refractivity contribution is 5.16. The molecule has 0 saturated heterocycles. The Bertz CT molecular complexity index is 198. The maximum atomic E-state index is 8.66. The molecule has 4 N–H and O–H groups in total. The van der Waals surface area contributed by atoms with E-state index in [4.69, 9.17) is 5.11 Å². The minimum Gasteiger partial charge on any atom is -0.396 e. The van der Waals surface area contributed by atoms with E-state index in [1.165, 1.54) is 5.56 Å². The van der Waals surface area contributed by atoms with Crippen molar-refractivity contribution in [2.24, 2.45) is 0 Å². The molecule has 0 amide bonds. The Morgan fingerprint density at radius 1 is 1.27 bits per heavy atom. The van der Waals surface area contributed by atoms with Crippen LogP contribution in [0.15, 0.2) is 30.3 Å². The van der Waals surface area contributed by atoms with Gasteiger partial charge in [0.15, 0.2) is 0 Å². The van der Waals surface area contributed by atoms with Crippen molar-refractivity contribution in [3.63, 3.8) is 0 Å². The van der Waals surface area contributed by atoms with E-state index in [9.17, 15) is 0 Å². The SMILES string of the molecule is [NH3+][C@@H](CCO)c1ccccc1. The number of benzene rings is 1. The van der Waals surface area contributed by atoms with Crippen molar-refractivity contribution in [2.75, 3.05) is 6.61 Å². The Labute approximate surface area is 66.7 Å². The molecular formula is C9H14NO+. The first-order chi connectivity index (χ1) is 5.34. The summed E-state index contributed by atoms with van der Waals surface area (Å²) in [6, 6.07) is 10.3. The maximum Gasteiger partial charge on any atom is 0.112 e. The lowest BCUT2D eigenvalue weighted by atomic mass is 10.1. The predicted octanol–water partition coefficient (Wildman–Crippen LogP) is 0.352. The molecule has 2 heteroatoms. The average molecular weight is 152 g/mol. The summed E-state index contributed by atoms with van der Waals surface area (Å²) in [5.41, 5.74) is 5.13. The predicted molar refractivity (Wildman–Crippen MR) is 43.8 cm³/mol. The maximum absolute atomic E-state index is 8.66. The fraction of sp³-hybridized carbons (Fsp3) is 0.333. The number of aliphatic hydroxyl groups excluding tert-OH is 1. The van der Waals surface area contributed by atoms with Crippen LogP contribution < -0.4 is 5.73 Å². The zero-order valence-electron chi connectivity index (χ0n) is 6.53. The number of rotatable bonds is 3. The molecular weight excluding hydrogens is 138 g/mol. The number of quaternary nitrogens is 1. The normalized spacial score (nSPS) is 12.9. The molecule has 1 atom stereocenters. The molecule has 0 bridgehead atoms. The van der Waals surface area contributed by atoms with Gasteiger partial charge in [-0.05, 0) is 0 Å². The molecule has 0 unspecified atom stereocenters. The lowest BCUT2D eigenvalue weighted by Gasteiger charge is -2.05. The zero-order valence-corrected chi connectivity index (χ0v) is 6.53. The van der Waals surface area contributed by atoms with E-state index in [0.29, 0.717) is 0 Å². The third-order valence-corrected chi connectivity index (χ3v) is 1.75. The lowest BCUT2D eigenvalue weighted by Crippen LogP contribution is -2.53. The average Bonchev–Trinajstić information content (AvgIpc) is 2.07. The molecule has 0 aliphatic heterocycles. The summed E-state index contributed by atoms with van der Waals surface area (Å²) in [5, 5.41) is 8.66. The highest BCUT2D eigenvalue weighted by Gasteiger charge is 2.06. The number of hydrogen-bond donors (Lipinski definition) is 2. The molecule has 1 aromatic carbocycles. The Morgan fingerprint density at radius 3 is 2.45 bits per heavy atom. The summed E-state index contributed by atoms with van der Waals surface area (Å²) in [6.07, 6.45) is 0.740. The van der Waals surface area contributed by atoms with E-state index < -0.39 is 0 Å². The third-order valence-electron chi connectivity index (χ3n) is 1.75. The highest BCUT2D eigenvalue weighted by atomic mass is 16.3. The van der Waals surface area contributed by atoms with Crippen molar-refractivity contribution in [2.45, 2.75) is 12.5 Å². The molecule has 0 aliphatic carbocycles. The van der Waals surface area contributed by atoms with Crippen LogP contribution in [0.3, 0.4) is 0 Å². The van der Waals surface area contributed by atoms with Gasteiger partial charge >= 0.3 is 0 Å². The standard InChI is InChI=1S/C9H13NO/c10-9(6-7-11)8-4-2-1-3-5-8/h1-5,9,11H,6-7,10H2/p+1/t9-/m0/s1. The smallest absolute Gasteiger partial charge is 0.112 e. The quantitative estimate of drug-likeness (QED) is 0.645. The van der Waals surface area contributed by atoms with Crippen molar-refractivity contribution in [1.29, 1.82) is 0 Å². The molecule has 60 valence electrons. The van der Waals surface area contributed by atoms with Crippen molar-refractivity contribution in [1.82, 2.24) is 0 Å². The second-order valence-electron chi connectivity index (χ2n) is 2.62. The molecule has 0 aliphatic rings. The fourth-order valence-corrected chi connectivity index (χ4v) is 1.05. The van der Waals surface area contributed by atoms with Gasteiger partial charge in [-0.3, -0.25) is 0 Å². The second-order valence-corrected chi connectivity index (χ2v) is 2.62. The fourth-order valence-electron chi connectivity index (χ4n) is 1.05. The van der Waals surface area contributed by atoms with Crippen LogP contribution in [0, 0.1) is 0 Å². The first-order valence-corrected chi connectivity index (χ1v) is 3.83. The third kappa shape index (κ3) is 2.33. The Kier molecular flexibility index (Phi) is 3.08. The van der Waals surface area contributed by atoms with Gasteiger partial charge in [-0.15, -0.1) is 0 Å². The van der Waals surface area contributed by atoms with Crippen LogP contribution in [0.4, 0.5) is 0 Å². The van der Waals surface area contributed by atoms with Crippen LogP contribution in [0.25, 0.3) is 0 Å². The Morgan fingerprint density at radius 2 is 1.91 bits per heavy atom. The van der Waals surface area contributed by atoms with Crippen molar-refractivity contribution >= 4 is 0 Å². The Balaban J connectivity index is 2.61. The topological polar surface area (TPSA) is 47.9 Å². The molecule has 0 aromatic heterocycles. The van der Waals surface area contributed by atoms with E-state index >= 15 is 0 Å². The molecule has 0 heterocycles. The summed E-state index contributed by atoms with van der Waals surface area (Å²) in [6.45, 7) is 0.211. The molecule has 1 rings (SSSR count). The molecule has 2 nitrogen and oxygen atoms in total. The van der Waals surface area contributed by atoms with Gasteiger partial charge in [0.25, 0.3) is 0 Å². The van der Waals surface area contributed by atoms with Gasteiger partial charge in [-0.2, -0.15) is 0 Å². The van der Waals surface area contributed by atoms with Crippen LogP contribution in [0.5, 0.6) is 0 Å². The minimum atomic E-state index is 0.211. The monoisotopic (exact) mass is 152 g/mol. The molecule has 0 radical (unpaired) electrons. The van der Waals surface area contributed by atoms with Gasteiger partial charge < -0.3 is 10.8 Å². The van der Waals surface area contributed by atoms with E-state index in [1.807, 2.05) is 30.3 Å². The van der Waals surface area contributed by atoms with Crippen LogP contribution in [0.1, 0.15) is 18.0 Å². The summed E-state index contributed by atoms with van der Waals surface area (Å²) in [7, 11) is 0. The van der Waals surface area contributed by atoms with E-state index in [1.54, 1.807) is 0 Å². The van der Waals surface area contributed by atoms with E-state index in [-0.39, 0.29) is 12.6 Å². The van der Waals surface area contributed by atoms with Crippen LogP contribution in [0.2, 0.25) is 0 Å². The molecule has 0 spiro atoms. The highest BCUT2D eigenvalue weighted by Crippen LogP contribution is 2.09. The number of hydrogen-bond acceptors (Lipinski definition) is 1. The van der Waals surface area contributed by atoms with Gasteiger partial charge in [0, 0.05) is 18.6 Å². The van der Waals surface area contributed by atoms with E-state index in [2.05, 4.69) is 5.73 Å². The van der Waals surface area contributed by atoms with Crippen LogP contribution in [-0.4, -0.2) is 11.7 Å². The molecule has 1 aromatic rings. The summed E-state index contributed by atoms with van der Waals surface area (Å²) >= 11 is 0. The van der Waals surface area contributed by atoms with Gasteiger partial charge in [0.1, 0.15) is 6.04 Å². The van der Waals surface area contributed by atoms with Gasteiger partial charge in [-0.1, -0.05) is 30.3 Å².